The van der Waals surface area contributed by atoms with Gasteiger partial charge >= 0.3 is 17.9 Å². The van der Waals surface area contributed by atoms with Crippen molar-refractivity contribution in [3.8, 4) is 23.0 Å². The average molecular weight is 737 g/mol. The molecule has 0 amide bonds. The molecule has 2 fully saturated rings. The highest BCUT2D eigenvalue weighted by Crippen LogP contribution is 2.34. The van der Waals surface area contributed by atoms with Crippen molar-refractivity contribution < 1.29 is 82.5 Å². The molecule has 10 atom stereocenters. The summed E-state index contributed by atoms with van der Waals surface area (Å²) in [5.41, 5.74) is 1.12. The molecule has 2 aromatic carbocycles. The van der Waals surface area contributed by atoms with Crippen LogP contribution in [0.1, 0.15) is 31.9 Å². The lowest BCUT2D eigenvalue weighted by molar-refractivity contribution is -0.358. The summed E-state index contributed by atoms with van der Waals surface area (Å²) in [5, 5.41) is 53.1. The number of carbonyl (C=O) groups is 3. The van der Waals surface area contributed by atoms with Crippen molar-refractivity contribution in [2.24, 2.45) is 0 Å². The number of phenolic OH excluding ortho intramolecular Hbond substituents is 2. The van der Waals surface area contributed by atoms with E-state index in [-0.39, 0.29) is 36.0 Å². The lowest BCUT2D eigenvalue weighted by Crippen LogP contribution is -2.65. The number of hydrogen-bond acceptors (Lipinski definition) is 17. The molecule has 0 radical (unpaired) electrons. The summed E-state index contributed by atoms with van der Waals surface area (Å²) in [6, 6.07) is 9.09. The molecule has 2 saturated heterocycles. The number of phenols is 2. The Morgan fingerprint density at radius 3 is 2.12 bits per heavy atom. The van der Waals surface area contributed by atoms with Gasteiger partial charge in [-0.25, -0.2) is 4.79 Å². The Morgan fingerprint density at radius 1 is 0.788 bits per heavy atom. The van der Waals surface area contributed by atoms with Crippen molar-refractivity contribution in [1.82, 2.24) is 0 Å². The van der Waals surface area contributed by atoms with E-state index in [0.717, 1.165) is 19.9 Å². The zero-order chi connectivity index (χ0) is 38.1. The van der Waals surface area contributed by atoms with Crippen molar-refractivity contribution in [1.29, 1.82) is 0 Å². The molecule has 2 heterocycles. The van der Waals surface area contributed by atoms with Crippen LogP contribution in [0, 0.1) is 0 Å². The van der Waals surface area contributed by atoms with Crippen LogP contribution in [0.5, 0.6) is 23.0 Å². The second-order valence-corrected chi connectivity index (χ2v) is 12.0. The SMILES string of the molecule is COc1ccc(CCO[C@@H]2O[C@H](CO)[C@@H](OC(=O)C=Cc3ccc(O)c(OC)c3)[C@H](O[C@@H]3O[C@@H](C)[C@H](OC(C)=O)[C@@H](O)[C@H]3OC(C)=O)[C@H]2O)cc1O. The number of aliphatic hydroxyl groups excluding tert-OH is 3. The van der Waals surface area contributed by atoms with Gasteiger partial charge < -0.3 is 68.2 Å². The molecule has 0 bridgehead atoms. The number of aliphatic hydroxyl groups is 3. The molecule has 0 unspecified atom stereocenters. The van der Waals surface area contributed by atoms with Crippen molar-refractivity contribution in [2.45, 2.75) is 88.6 Å². The monoisotopic (exact) mass is 736 g/mol. The van der Waals surface area contributed by atoms with Gasteiger partial charge in [-0.1, -0.05) is 12.1 Å². The summed E-state index contributed by atoms with van der Waals surface area (Å²) in [4.78, 5) is 37.0. The molecule has 2 aliphatic rings. The normalized spacial score (nSPS) is 28.9. The molecule has 5 N–H and O–H groups in total. The number of esters is 3. The second-order valence-electron chi connectivity index (χ2n) is 12.0. The largest absolute Gasteiger partial charge is 0.504 e. The van der Waals surface area contributed by atoms with E-state index in [4.69, 9.17) is 42.6 Å². The van der Waals surface area contributed by atoms with Crippen LogP contribution in [-0.2, 0) is 54.0 Å². The Morgan fingerprint density at radius 2 is 1.48 bits per heavy atom. The predicted octanol–water partition coefficient (Wildman–Crippen LogP) is 0.732. The minimum Gasteiger partial charge on any atom is -0.504 e. The molecule has 2 aliphatic heterocycles. The van der Waals surface area contributed by atoms with Gasteiger partial charge in [0.25, 0.3) is 0 Å². The predicted molar refractivity (Wildman–Crippen MR) is 176 cm³/mol. The average Bonchev–Trinajstić information content (AvgIpc) is 3.10. The van der Waals surface area contributed by atoms with Crippen LogP contribution < -0.4 is 9.47 Å². The van der Waals surface area contributed by atoms with Crippen molar-refractivity contribution in [2.75, 3.05) is 27.4 Å². The molecular formula is C35H44O17. The van der Waals surface area contributed by atoms with Gasteiger partial charge in [0.1, 0.15) is 24.4 Å². The number of hydrogen-bond donors (Lipinski definition) is 5. The molecule has 17 heteroatoms. The van der Waals surface area contributed by atoms with Gasteiger partial charge in [-0.05, 0) is 54.8 Å². The maximum absolute atomic E-state index is 13.1. The van der Waals surface area contributed by atoms with E-state index in [9.17, 15) is 39.9 Å². The summed E-state index contributed by atoms with van der Waals surface area (Å²) in [7, 11) is 2.77. The summed E-state index contributed by atoms with van der Waals surface area (Å²) in [6.45, 7) is 2.86. The lowest BCUT2D eigenvalue weighted by Gasteiger charge is -2.47. The molecular weight excluding hydrogens is 692 g/mol. The zero-order valence-corrected chi connectivity index (χ0v) is 29.1. The summed E-state index contributed by atoms with van der Waals surface area (Å²) >= 11 is 0. The molecule has 0 aromatic heterocycles. The highest BCUT2D eigenvalue weighted by Gasteiger charge is 2.54. The maximum atomic E-state index is 13.1. The number of aromatic hydroxyl groups is 2. The van der Waals surface area contributed by atoms with Gasteiger partial charge in [-0.15, -0.1) is 0 Å². The fourth-order valence-corrected chi connectivity index (χ4v) is 5.73. The van der Waals surface area contributed by atoms with Crippen LogP contribution in [0.3, 0.4) is 0 Å². The molecule has 0 aliphatic carbocycles. The Balaban J connectivity index is 1.60. The number of ether oxygens (including phenoxy) is 9. The van der Waals surface area contributed by atoms with Gasteiger partial charge in [0.05, 0.1) is 33.5 Å². The Hall–Kier alpha value is -4.49. The third kappa shape index (κ3) is 10.1. The minimum absolute atomic E-state index is 0.0581. The summed E-state index contributed by atoms with van der Waals surface area (Å²) in [5.74, 6) is -2.31. The van der Waals surface area contributed by atoms with E-state index >= 15 is 0 Å². The number of rotatable bonds is 14. The van der Waals surface area contributed by atoms with Gasteiger partial charge in [-0.2, -0.15) is 0 Å². The zero-order valence-electron chi connectivity index (χ0n) is 29.1. The van der Waals surface area contributed by atoms with E-state index in [2.05, 4.69) is 0 Å². The van der Waals surface area contributed by atoms with Gasteiger partial charge in [-0.3, -0.25) is 9.59 Å². The first-order valence-corrected chi connectivity index (χ1v) is 16.3. The Bertz CT molecular complexity index is 1560. The molecule has 0 spiro atoms. The molecule has 17 nitrogen and oxygen atoms in total. The lowest BCUT2D eigenvalue weighted by atomic mass is 9.96. The van der Waals surface area contributed by atoms with Crippen LogP contribution in [0.2, 0.25) is 0 Å². The topological polar surface area (TPSA) is 235 Å². The first-order chi connectivity index (χ1) is 24.8. The fourth-order valence-electron chi connectivity index (χ4n) is 5.73. The van der Waals surface area contributed by atoms with E-state index in [1.807, 2.05) is 0 Å². The van der Waals surface area contributed by atoms with Crippen molar-refractivity contribution >= 4 is 24.0 Å². The van der Waals surface area contributed by atoms with Crippen molar-refractivity contribution in [3.63, 3.8) is 0 Å². The van der Waals surface area contributed by atoms with Crippen molar-refractivity contribution in [3.05, 3.63) is 53.6 Å². The Labute approximate surface area is 299 Å². The fraction of sp³-hybridized carbons (Fsp3) is 0.514. The van der Waals surface area contributed by atoms with Crippen LogP contribution in [-0.4, -0.2) is 132 Å². The third-order valence-electron chi connectivity index (χ3n) is 8.23. The molecule has 4 rings (SSSR count). The highest BCUT2D eigenvalue weighted by molar-refractivity contribution is 5.87. The summed E-state index contributed by atoms with van der Waals surface area (Å²) < 4.78 is 50.0. The smallest absolute Gasteiger partial charge is 0.331 e. The van der Waals surface area contributed by atoms with E-state index < -0.39 is 85.9 Å². The van der Waals surface area contributed by atoms with E-state index in [0.29, 0.717) is 11.1 Å². The van der Waals surface area contributed by atoms with Gasteiger partial charge in [0.15, 0.2) is 53.9 Å². The summed E-state index contributed by atoms with van der Waals surface area (Å²) in [6.07, 6.45) is -12.2. The highest BCUT2D eigenvalue weighted by atomic mass is 16.8. The van der Waals surface area contributed by atoms with Gasteiger partial charge in [0, 0.05) is 19.9 Å². The first kappa shape index (κ1) is 40.3. The van der Waals surface area contributed by atoms with Crippen LogP contribution in [0.25, 0.3) is 6.08 Å². The van der Waals surface area contributed by atoms with Gasteiger partial charge in [0.2, 0.25) is 0 Å². The van der Waals surface area contributed by atoms with E-state index in [1.165, 1.54) is 51.5 Å². The standard InChI is InChI=1S/C35H44O17/c1-17-30(48-18(2)37)28(42)33(49-19(3)38)35(47-17)52-32-29(43)34(46-13-12-21-7-10-24(44-4)23(40)14-21)50-26(16-36)31(32)51-27(41)11-8-20-6-9-22(39)25(15-20)45-5/h6-11,14-15,17,26,28-36,39-40,42-43H,12-13,16H2,1-5H3/t17-,26+,28+,29+,30-,31+,32+,33+,34+,35-/m0/s1. The maximum Gasteiger partial charge on any atom is 0.331 e. The van der Waals surface area contributed by atoms with Crippen LogP contribution >= 0.6 is 0 Å². The van der Waals surface area contributed by atoms with Crippen LogP contribution in [0.15, 0.2) is 42.5 Å². The number of carbonyl (C=O) groups excluding carboxylic acids is 3. The van der Waals surface area contributed by atoms with Crippen LogP contribution in [0.4, 0.5) is 0 Å². The molecule has 52 heavy (non-hydrogen) atoms. The third-order valence-corrected chi connectivity index (χ3v) is 8.23. The number of benzene rings is 2. The quantitative estimate of drug-likeness (QED) is 0.102. The molecule has 286 valence electrons. The number of methoxy groups -OCH3 is 2. The minimum atomic E-state index is -1.74. The first-order valence-electron chi connectivity index (χ1n) is 16.3. The molecule has 2 aromatic rings. The second kappa shape index (κ2) is 18.3. The Kier molecular flexibility index (Phi) is 14.2. The van der Waals surface area contributed by atoms with E-state index in [1.54, 1.807) is 12.1 Å². The molecule has 0 saturated carbocycles.